The van der Waals surface area contributed by atoms with Crippen LogP contribution in [0.25, 0.3) is 0 Å². The summed E-state index contributed by atoms with van der Waals surface area (Å²) in [6, 6.07) is 3.98. The van der Waals surface area contributed by atoms with Gasteiger partial charge in [0.05, 0.1) is 21.3 Å². The second kappa shape index (κ2) is 8.62. The molecule has 1 saturated heterocycles. The Hall–Kier alpha value is -1.95. The number of nitrogens with one attached hydrogen (secondary N) is 2. The number of rotatable bonds is 7. The van der Waals surface area contributed by atoms with Crippen LogP contribution in [0.1, 0.15) is 24.8 Å². The van der Waals surface area contributed by atoms with Gasteiger partial charge in [-0.15, -0.1) is 0 Å². The third-order valence-electron chi connectivity index (χ3n) is 4.07. The number of benzene rings is 1. The zero-order valence-electron chi connectivity index (χ0n) is 14.1. The third kappa shape index (κ3) is 4.51. The smallest absolute Gasteiger partial charge is 0.220 e. The Morgan fingerprint density at radius 3 is 2.61 bits per heavy atom. The van der Waals surface area contributed by atoms with Gasteiger partial charge in [0, 0.05) is 19.0 Å². The van der Waals surface area contributed by atoms with Gasteiger partial charge in [-0.2, -0.15) is 0 Å². The van der Waals surface area contributed by atoms with Gasteiger partial charge in [0.15, 0.2) is 11.5 Å². The maximum atomic E-state index is 12.1. The van der Waals surface area contributed by atoms with Crippen molar-refractivity contribution in [3.8, 4) is 17.2 Å². The van der Waals surface area contributed by atoms with E-state index >= 15 is 0 Å². The van der Waals surface area contributed by atoms with Gasteiger partial charge in [0.25, 0.3) is 0 Å². The largest absolute Gasteiger partial charge is 0.493 e. The molecule has 1 aromatic carbocycles. The lowest BCUT2D eigenvalue weighted by Gasteiger charge is -2.23. The van der Waals surface area contributed by atoms with E-state index in [4.69, 9.17) is 14.2 Å². The molecule has 0 aromatic heterocycles. The fourth-order valence-electron chi connectivity index (χ4n) is 2.88. The quantitative estimate of drug-likeness (QED) is 0.796. The van der Waals surface area contributed by atoms with Crippen LogP contribution in [0.4, 0.5) is 0 Å². The van der Waals surface area contributed by atoms with E-state index in [1.807, 2.05) is 12.1 Å². The van der Waals surface area contributed by atoms with Crippen LogP contribution in [0.15, 0.2) is 12.1 Å². The van der Waals surface area contributed by atoms with Gasteiger partial charge < -0.3 is 24.8 Å². The van der Waals surface area contributed by atoms with Crippen molar-refractivity contribution in [2.24, 2.45) is 0 Å². The van der Waals surface area contributed by atoms with Crippen molar-refractivity contribution in [1.29, 1.82) is 0 Å². The molecule has 128 valence electrons. The number of hydrogen-bond acceptors (Lipinski definition) is 5. The molecular formula is C17H26N2O4. The highest BCUT2D eigenvalue weighted by atomic mass is 16.5. The molecule has 0 saturated carbocycles. The minimum Gasteiger partial charge on any atom is -0.493 e. The van der Waals surface area contributed by atoms with Gasteiger partial charge in [-0.25, -0.2) is 0 Å². The molecule has 1 heterocycles. The number of piperidine rings is 1. The van der Waals surface area contributed by atoms with Gasteiger partial charge in [0.1, 0.15) is 0 Å². The first kappa shape index (κ1) is 17.4. The molecule has 2 rings (SSSR count). The van der Waals surface area contributed by atoms with Crippen molar-refractivity contribution >= 4 is 5.91 Å². The summed E-state index contributed by atoms with van der Waals surface area (Å²) in [7, 11) is 4.75. The highest BCUT2D eigenvalue weighted by Crippen LogP contribution is 2.40. The van der Waals surface area contributed by atoms with E-state index in [2.05, 4.69) is 10.6 Å². The maximum Gasteiger partial charge on any atom is 0.220 e. The second-order valence-corrected chi connectivity index (χ2v) is 5.60. The van der Waals surface area contributed by atoms with Crippen molar-refractivity contribution < 1.29 is 19.0 Å². The molecule has 0 bridgehead atoms. The monoisotopic (exact) mass is 322 g/mol. The fourth-order valence-corrected chi connectivity index (χ4v) is 2.88. The van der Waals surface area contributed by atoms with Crippen LogP contribution in [-0.4, -0.2) is 46.4 Å². The molecule has 0 spiro atoms. The Kier molecular flexibility index (Phi) is 6.52. The molecule has 2 N–H and O–H groups in total. The van der Waals surface area contributed by atoms with Gasteiger partial charge >= 0.3 is 0 Å². The summed E-state index contributed by atoms with van der Waals surface area (Å²) in [5.41, 5.74) is 0.932. The molecule has 0 radical (unpaired) electrons. The summed E-state index contributed by atoms with van der Waals surface area (Å²) >= 11 is 0. The number of methoxy groups -OCH3 is 3. The Morgan fingerprint density at radius 1 is 1.22 bits per heavy atom. The maximum absolute atomic E-state index is 12.1. The summed E-state index contributed by atoms with van der Waals surface area (Å²) in [6.45, 7) is 1.89. The summed E-state index contributed by atoms with van der Waals surface area (Å²) in [5.74, 6) is 1.87. The number of hydrogen-bond donors (Lipinski definition) is 2. The first-order valence-corrected chi connectivity index (χ1v) is 7.97. The number of carbonyl (C=O) groups excluding carboxylic acids is 1. The molecule has 1 aromatic rings. The molecule has 1 aliphatic heterocycles. The van der Waals surface area contributed by atoms with E-state index < -0.39 is 0 Å². The molecule has 1 aliphatic rings. The van der Waals surface area contributed by atoms with Crippen molar-refractivity contribution in [2.75, 3.05) is 34.4 Å². The first-order valence-electron chi connectivity index (χ1n) is 7.97. The number of ether oxygens (including phenoxy) is 3. The number of aryl methyl sites for hydroxylation is 1. The number of carbonyl (C=O) groups is 1. The van der Waals surface area contributed by atoms with Crippen LogP contribution in [0.3, 0.4) is 0 Å². The summed E-state index contributed by atoms with van der Waals surface area (Å²) in [6.07, 6.45) is 3.16. The third-order valence-corrected chi connectivity index (χ3v) is 4.07. The van der Waals surface area contributed by atoms with E-state index in [0.717, 1.165) is 31.5 Å². The molecule has 1 amide bonds. The Labute approximate surface area is 137 Å². The van der Waals surface area contributed by atoms with Crippen molar-refractivity contribution in [2.45, 2.75) is 31.7 Å². The van der Waals surface area contributed by atoms with Crippen LogP contribution in [0.5, 0.6) is 17.2 Å². The molecule has 23 heavy (non-hydrogen) atoms. The lowest BCUT2D eigenvalue weighted by molar-refractivity contribution is -0.121. The molecule has 6 nitrogen and oxygen atoms in total. The SMILES string of the molecule is COc1ccc(CCC(=O)NC2CCCNC2)c(OC)c1OC. The lowest BCUT2D eigenvalue weighted by atomic mass is 10.1. The predicted molar refractivity (Wildman–Crippen MR) is 88.5 cm³/mol. The highest BCUT2D eigenvalue weighted by molar-refractivity contribution is 5.76. The molecule has 1 atom stereocenters. The standard InChI is InChI=1S/C17H26N2O4/c1-21-14-8-6-12(16(22-2)17(14)23-3)7-9-15(20)19-13-5-4-10-18-11-13/h6,8,13,18H,4-5,7,9-11H2,1-3H3,(H,19,20). The molecule has 1 unspecified atom stereocenters. The topological polar surface area (TPSA) is 68.8 Å². The first-order chi connectivity index (χ1) is 11.2. The number of amides is 1. The second-order valence-electron chi connectivity index (χ2n) is 5.60. The van der Waals surface area contributed by atoms with Gasteiger partial charge in [0.2, 0.25) is 11.7 Å². The minimum atomic E-state index is 0.0653. The van der Waals surface area contributed by atoms with E-state index in [9.17, 15) is 4.79 Å². The summed E-state index contributed by atoms with van der Waals surface area (Å²) in [5, 5.41) is 6.37. The van der Waals surface area contributed by atoms with E-state index in [1.54, 1.807) is 21.3 Å². The molecule has 6 heteroatoms. The summed E-state index contributed by atoms with van der Waals surface area (Å²) in [4.78, 5) is 12.1. The Balaban J connectivity index is 1.97. The van der Waals surface area contributed by atoms with Gasteiger partial charge in [-0.05, 0) is 37.4 Å². The minimum absolute atomic E-state index is 0.0653. The summed E-state index contributed by atoms with van der Waals surface area (Å²) < 4.78 is 16.1. The lowest BCUT2D eigenvalue weighted by Crippen LogP contribution is -2.45. The van der Waals surface area contributed by atoms with Crippen molar-refractivity contribution in [1.82, 2.24) is 10.6 Å². The van der Waals surface area contributed by atoms with Crippen LogP contribution in [0, 0.1) is 0 Å². The average molecular weight is 322 g/mol. The molecule has 1 fully saturated rings. The molecule has 0 aliphatic carbocycles. The van der Waals surface area contributed by atoms with Crippen LogP contribution >= 0.6 is 0 Å². The van der Waals surface area contributed by atoms with Crippen molar-refractivity contribution in [3.63, 3.8) is 0 Å². The normalized spacial score (nSPS) is 17.4. The average Bonchev–Trinajstić information content (AvgIpc) is 2.59. The van der Waals surface area contributed by atoms with Crippen molar-refractivity contribution in [3.05, 3.63) is 17.7 Å². The molecular weight excluding hydrogens is 296 g/mol. The van der Waals surface area contributed by atoms with E-state index in [0.29, 0.717) is 30.1 Å². The van der Waals surface area contributed by atoms with E-state index in [-0.39, 0.29) is 11.9 Å². The Bertz CT molecular complexity index is 528. The zero-order chi connectivity index (χ0) is 16.7. The Morgan fingerprint density at radius 2 is 2.00 bits per heavy atom. The van der Waals surface area contributed by atoms with Gasteiger partial charge in [-0.3, -0.25) is 4.79 Å². The highest BCUT2D eigenvalue weighted by Gasteiger charge is 2.18. The van der Waals surface area contributed by atoms with E-state index in [1.165, 1.54) is 0 Å². The fraction of sp³-hybridized carbons (Fsp3) is 0.588. The van der Waals surface area contributed by atoms with Gasteiger partial charge in [-0.1, -0.05) is 6.07 Å². The zero-order valence-corrected chi connectivity index (χ0v) is 14.1. The van der Waals surface area contributed by atoms with Crippen LogP contribution < -0.4 is 24.8 Å². The van der Waals surface area contributed by atoms with Crippen LogP contribution in [-0.2, 0) is 11.2 Å². The van der Waals surface area contributed by atoms with Crippen LogP contribution in [0.2, 0.25) is 0 Å². The predicted octanol–water partition coefficient (Wildman–Crippen LogP) is 1.51.